The standard InChI is InChI=1S/C11H5Cl3N4O/c12-5-1-2-6(13)7(3-5)19-10-8-9(16-4-15-8)17-11(14)18-10/h1-4H,(H,15,16,17,18). The van der Waals surface area contributed by atoms with Crippen LogP contribution < -0.4 is 4.74 Å². The first-order chi connectivity index (χ1) is 9.13. The molecule has 19 heavy (non-hydrogen) atoms. The Bertz CT molecular complexity index is 759. The van der Waals surface area contributed by atoms with Crippen LogP contribution in [0, 0.1) is 0 Å². The number of H-pyrrole nitrogens is 1. The Balaban J connectivity index is 2.10. The first-order valence-corrected chi connectivity index (χ1v) is 6.26. The van der Waals surface area contributed by atoms with E-state index in [-0.39, 0.29) is 11.2 Å². The van der Waals surface area contributed by atoms with Gasteiger partial charge in [-0.15, -0.1) is 0 Å². The molecule has 2 aromatic heterocycles. The lowest BCUT2D eigenvalue weighted by Crippen LogP contribution is -1.93. The summed E-state index contributed by atoms with van der Waals surface area (Å²) in [6, 6.07) is 4.88. The smallest absolute Gasteiger partial charge is 0.250 e. The zero-order valence-corrected chi connectivity index (χ0v) is 11.5. The van der Waals surface area contributed by atoms with Gasteiger partial charge in [0, 0.05) is 11.1 Å². The molecular formula is C11H5Cl3N4O. The van der Waals surface area contributed by atoms with Crippen molar-refractivity contribution in [1.29, 1.82) is 0 Å². The van der Waals surface area contributed by atoms with Crippen molar-refractivity contribution < 1.29 is 4.74 Å². The second kappa shape index (κ2) is 4.85. The van der Waals surface area contributed by atoms with Crippen molar-refractivity contribution in [1.82, 2.24) is 19.9 Å². The number of hydrogen-bond donors (Lipinski definition) is 1. The van der Waals surface area contributed by atoms with Crippen molar-refractivity contribution in [2.45, 2.75) is 0 Å². The minimum Gasteiger partial charge on any atom is -0.435 e. The summed E-state index contributed by atoms with van der Waals surface area (Å²) in [5, 5.41) is 0.944. The van der Waals surface area contributed by atoms with E-state index in [0.29, 0.717) is 27.0 Å². The van der Waals surface area contributed by atoms with Crippen LogP contribution in [-0.2, 0) is 0 Å². The van der Waals surface area contributed by atoms with Crippen LogP contribution in [0.4, 0.5) is 0 Å². The predicted molar refractivity (Wildman–Crippen MR) is 73.2 cm³/mol. The normalized spacial score (nSPS) is 10.9. The molecule has 1 N–H and O–H groups in total. The maximum atomic E-state index is 6.03. The Morgan fingerprint density at radius 2 is 1.95 bits per heavy atom. The van der Waals surface area contributed by atoms with Gasteiger partial charge in [-0.25, -0.2) is 4.98 Å². The minimum absolute atomic E-state index is 0.0350. The molecule has 96 valence electrons. The predicted octanol–water partition coefficient (Wildman–Crippen LogP) is 4.11. The van der Waals surface area contributed by atoms with Gasteiger partial charge in [0.05, 0.1) is 11.3 Å². The summed E-state index contributed by atoms with van der Waals surface area (Å²) in [4.78, 5) is 14.8. The Labute approximate surface area is 122 Å². The average Bonchev–Trinajstić information content (AvgIpc) is 2.82. The maximum absolute atomic E-state index is 6.03. The molecule has 0 unspecified atom stereocenters. The van der Waals surface area contributed by atoms with Gasteiger partial charge in [0.15, 0.2) is 5.65 Å². The molecule has 0 bridgehead atoms. The van der Waals surface area contributed by atoms with E-state index < -0.39 is 0 Å². The summed E-state index contributed by atoms with van der Waals surface area (Å²) in [6.45, 7) is 0. The Morgan fingerprint density at radius 3 is 2.79 bits per heavy atom. The van der Waals surface area contributed by atoms with E-state index in [0.717, 1.165) is 0 Å². The zero-order chi connectivity index (χ0) is 13.4. The Morgan fingerprint density at radius 1 is 1.11 bits per heavy atom. The van der Waals surface area contributed by atoms with Crippen LogP contribution in [0.3, 0.4) is 0 Å². The molecule has 0 aliphatic heterocycles. The number of ether oxygens (including phenoxy) is 1. The van der Waals surface area contributed by atoms with Gasteiger partial charge in [-0.1, -0.05) is 23.2 Å². The molecule has 0 aliphatic carbocycles. The average molecular weight is 316 g/mol. The lowest BCUT2D eigenvalue weighted by molar-refractivity contribution is 0.467. The van der Waals surface area contributed by atoms with Gasteiger partial charge in [0.25, 0.3) is 0 Å². The second-order valence-corrected chi connectivity index (χ2v) is 4.76. The third-order valence-corrected chi connectivity index (χ3v) is 3.04. The van der Waals surface area contributed by atoms with Crippen molar-refractivity contribution in [2.24, 2.45) is 0 Å². The van der Waals surface area contributed by atoms with Crippen LogP contribution in [0.15, 0.2) is 24.5 Å². The summed E-state index contributed by atoms with van der Waals surface area (Å²) in [6.07, 6.45) is 1.47. The van der Waals surface area contributed by atoms with Gasteiger partial charge >= 0.3 is 0 Å². The molecule has 0 saturated carbocycles. The molecule has 5 nitrogen and oxygen atoms in total. The maximum Gasteiger partial charge on any atom is 0.250 e. The fourth-order valence-corrected chi connectivity index (χ4v) is 1.99. The van der Waals surface area contributed by atoms with Crippen LogP contribution >= 0.6 is 34.8 Å². The summed E-state index contributed by atoms with van der Waals surface area (Å²) >= 11 is 17.7. The number of rotatable bonds is 2. The summed E-state index contributed by atoms with van der Waals surface area (Å²) in [5.74, 6) is 0.608. The molecule has 3 rings (SSSR count). The van der Waals surface area contributed by atoms with Gasteiger partial charge < -0.3 is 9.72 Å². The number of hydrogen-bond acceptors (Lipinski definition) is 4. The van der Waals surface area contributed by atoms with E-state index in [2.05, 4.69) is 19.9 Å². The molecule has 8 heteroatoms. The first-order valence-electron chi connectivity index (χ1n) is 5.13. The lowest BCUT2D eigenvalue weighted by atomic mass is 10.3. The SMILES string of the molecule is Clc1ccc(Cl)c(Oc2nc(Cl)nc3nc[nH]c23)c1. The van der Waals surface area contributed by atoms with Crippen LogP contribution in [0.5, 0.6) is 11.6 Å². The molecule has 1 aromatic carbocycles. The van der Waals surface area contributed by atoms with Crippen LogP contribution in [-0.4, -0.2) is 19.9 Å². The number of benzene rings is 1. The number of imidazole rings is 1. The number of aromatic nitrogens is 4. The van der Waals surface area contributed by atoms with Crippen LogP contribution in [0.25, 0.3) is 11.2 Å². The summed E-state index contributed by atoms with van der Waals surface area (Å²) in [5.41, 5.74) is 0.939. The number of nitrogens with zero attached hydrogens (tertiary/aromatic N) is 3. The zero-order valence-electron chi connectivity index (χ0n) is 9.19. The molecule has 0 amide bonds. The van der Waals surface area contributed by atoms with E-state index in [4.69, 9.17) is 39.5 Å². The third kappa shape index (κ3) is 2.45. The molecular weight excluding hydrogens is 311 g/mol. The summed E-state index contributed by atoms with van der Waals surface area (Å²) < 4.78 is 5.62. The number of nitrogens with one attached hydrogen (secondary N) is 1. The molecule has 0 saturated heterocycles. The van der Waals surface area contributed by atoms with E-state index in [1.165, 1.54) is 6.33 Å². The molecule has 0 radical (unpaired) electrons. The molecule has 0 atom stereocenters. The minimum atomic E-state index is 0.0350. The fourth-order valence-electron chi connectivity index (χ4n) is 1.51. The van der Waals surface area contributed by atoms with E-state index in [1.54, 1.807) is 18.2 Å². The molecule has 3 aromatic rings. The number of aromatic amines is 1. The molecule has 0 fully saturated rings. The molecule has 0 spiro atoms. The Hall–Kier alpha value is -1.56. The topological polar surface area (TPSA) is 63.7 Å². The van der Waals surface area contributed by atoms with Crippen LogP contribution in [0.1, 0.15) is 0 Å². The van der Waals surface area contributed by atoms with Gasteiger partial charge in [-0.2, -0.15) is 9.97 Å². The first kappa shape index (κ1) is 12.5. The second-order valence-electron chi connectivity index (χ2n) is 3.58. The van der Waals surface area contributed by atoms with Crippen molar-refractivity contribution >= 4 is 46.0 Å². The van der Waals surface area contributed by atoms with Crippen molar-refractivity contribution in [3.8, 4) is 11.6 Å². The van der Waals surface area contributed by atoms with Crippen LogP contribution in [0.2, 0.25) is 15.3 Å². The van der Waals surface area contributed by atoms with Gasteiger partial charge in [0.1, 0.15) is 11.3 Å². The highest BCUT2D eigenvalue weighted by Gasteiger charge is 2.13. The van der Waals surface area contributed by atoms with Gasteiger partial charge in [-0.05, 0) is 23.7 Å². The number of fused-ring (bicyclic) bond motifs is 1. The largest absolute Gasteiger partial charge is 0.435 e. The van der Waals surface area contributed by atoms with E-state index in [1.807, 2.05) is 0 Å². The van der Waals surface area contributed by atoms with E-state index in [9.17, 15) is 0 Å². The van der Waals surface area contributed by atoms with Crippen molar-refractivity contribution in [2.75, 3.05) is 0 Å². The highest BCUT2D eigenvalue weighted by molar-refractivity contribution is 6.34. The monoisotopic (exact) mass is 314 g/mol. The van der Waals surface area contributed by atoms with E-state index >= 15 is 0 Å². The molecule has 0 aliphatic rings. The van der Waals surface area contributed by atoms with Crippen molar-refractivity contribution in [3.05, 3.63) is 39.9 Å². The number of halogens is 3. The van der Waals surface area contributed by atoms with Crippen molar-refractivity contribution in [3.63, 3.8) is 0 Å². The molecule has 2 heterocycles. The van der Waals surface area contributed by atoms with Gasteiger partial charge in [0.2, 0.25) is 11.2 Å². The highest BCUT2D eigenvalue weighted by Crippen LogP contribution is 2.33. The van der Waals surface area contributed by atoms with Gasteiger partial charge in [-0.3, -0.25) is 0 Å². The quantitative estimate of drug-likeness (QED) is 0.723. The highest BCUT2D eigenvalue weighted by atomic mass is 35.5. The Kier molecular flexibility index (Phi) is 3.18. The lowest BCUT2D eigenvalue weighted by Gasteiger charge is -2.07. The third-order valence-electron chi connectivity index (χ3n) is 2.33. The fraction of sp³-hybridized carbons (Fsp3) is 0. The summed E-state index contributed by atoms with van der Waals surface area (Å²) in [7, 11) is 0.